The van der Waals surface area contributed by atoms with E-state index in [-0.39, 0.29) is 47.9 Å². The molecule has 0 saturated heterocycles. The maximum atomic E-state index is 13.4. The van der Waals surface area contributed by atoms with Gasteiger partial charge < -0.3 is 14.7 Å². The second-order valence-corrected chi connectivity index (χ2v) is 10.9. The molecule has 2 aromatic rings. The maximum absolute atomic E-state index is 13.4. The van der Waals surface area contributed by atoms with Gasteiger partial charge in [0.15, 0.2) is 0 Å². The number of hydrogen-bond donors (Lipinski definition) is 1. The van der Waals surface area contributed by atoms with Crippen molar-refractivity contribution in [2.75, 3.05) is 26.7 Å². The zero-order valence-electron chi connectivity index (χ0n) is 20.6. The van der Waals surface area contributed by atoms with E-state index in [1.807, 2.05) is 13.8 Å². The van der Waals surface area contributed by atoms with Gasteiger partial charge in [-0.25, -0.2) is 13.4 Å². The fourth-order valence-corrected chi connectivity index (χ4v) is 5.01. The first-order valence-corrected chi connectivity index (χ1v) is 13.2. The number of ether oxygens (including phenoxy) is 1. The average Bonchev–Trinajstić information content (AvgIpc) is 2.86. The molecule has 0 radical (unpaired) electrons. The molecule has 188 valence electrons. The van der Waals surface area contributed by atoms with Gasteiger partial charge in [-0.3, -0.25) is 4.79 Å². The monoisotopic (exact) mass is 499 g/mol. The van der Waals surface area contributed by atoms with E-state index in [9.17, 15) is 18.3 Å². The molecule has 3 rings (SSSR count). The number of rotatable bonds is 7. The first kappa shape index (κ1) is 26.7. The van der Waals surface area contributed by atoms with Crippen LogP contribution in [0.15, 0.2) is 47.5 Å². The second-order valence-electron chi connectivity index (χ2n) is 8.85. The van der Waals surface area contributed by atoms with Crippen LogP contribution in [-0.2, 0) is 10.0 Å². The number of hydrogen-bond acceptors (Lipinski definition) is 6. The number of carbonyl (C=O) groups excluding carboxylic acids is 1. The molecule has 0 aliphatic carbocycles. The molecule has 9 heteroatoms. The minimum atomic E-state index is -3.73. The lowest BCUT2D eigenvalue weighted by Gasteiger charge is -2.37. The van der Waals surface area contributed by atoms with Gasteiger partial charge in [0.1, 0.15) is 11.7 Å². The van der Waals surface area contributed by atoms with Crippen molar-refractivity contribution in [2.24, 2.45) is 5.92 Å². The van der Waals surface area contributed by atoms with Crippen molar-refractivity contribution in [3.05, 3.63) is 53.7 Å². The fraction of sp³-hybridized carbons (Fsp3) is 0.462. The molecule has 2 heterocycles. The van der Waals surface area contributed by atoms with Crippen LogP contribution in [0.3, 0.4) is 0 Å². The maximum Gasteiger partial charge on any atom is 0.259 e. The second kappa shape index (κ2) is 11.7. The van der Waals surface area contributed by atoms with Crippen LogP contribution in [0, 0.1) is 17.8 Å². The number of aliphatic hydroxyl groups excluding tert-OH is 1. The molecule has 1 amide bonds. The molecule has 8 nitrogen and oxygen atoms in total. The Labute approximate surface area is 208 Å². The Morgan fingerprint density at radius 2 is 2.03 bits per heavy atom. The first-order valence-electron chi connectivity index (χ1n) is 11.8. The number of likely N-dealkylation sites (N-methyl/N-ethyl adjacent to an activating group) is 1. The Morgan fingerprint density at radius 3 is 2.69 bits per heavy atom. The molecule has 0 fully saturated rings. The van der Waals surface area contributed by atoms with Crippen LogP contribution in [0.1, 0.15) is 49.5 Å². The number of nitrogens with zero attached hydrogens (tertiary/aromatic N) is 3. The number of amides is 1. The molecule has 0 saturated carbocycles. The summed E-state index contributed by atoms with van der Waals surface area (Å²) in [6, 6.07) is 9.44. The third-order valence-electron chi connectivity index (χ3n) is 6.02. The van der Waals surface area contributed by atoms with Gasteiger partial charge in [-0.05, 0) is 31.5 Å². The summed E-state index contributed by atoms with van der Waals surface area (Å²) >= 11 is 0. The van der Waals surface area contributed by atoms with Crippen LogP contribution in [-0.4, -0.2) is 72.5 Å². The number of aliphatic hydroxyl groups is 1. The predicted molar refractivity (Wildman–Crippen MR) is 133 cm³/mol. The van der Waals surface area contributed by atoms with E-state index in [1.165, 1.54) is 11.4 Å². The van der Waals surface area contributed by atoms with E-state index in [1.54, 1.807) is 54.4 Å². The number of benzene rings is 1. The average molecular weight is 500 g/mol. The predicted octanol–water partition coefficient (Wildman–Crippen LogP) is 2.77. The molecular formula is C26H33N3O5S. The zero-order valence-corrected chi connectivity index (χ0v) is 21.5. The van der Waals surface area contributed by atoms with E-state index in [0.29, 0.717) is 5.56 Å². The highest BCUT2D eigenvalue weighted by Crippen LogP contribution is 2.28. The fourth-order valence-electron chi connectivity index (χ4n) is 3.80. The first-order chi connectivity index (χ1) is 16.7. The SMILES string of the molecule is CCCC#Cc1cnc2c(c1)C(=O)N([C@H](C)CO)C[C@H](C)[C@@H](CN(C)S(=O)(=O)c1ccccc1)O2. The van der Waals surface area contributed by atoms with Crippen LogP contribution in [0.4, 0.5) is 0 Å². The van der Waals surface area contributed by atoms with Crippen molar-refractivity contribution in [3.63, 3.8) is 0 Å². The van der Waals surface area contributed by atoms with Gasteiger partial charge in [0.2, 0.25) is 15.9 Å². The highest BCUT2D eigenvalue weighted by atomic mass is 32.2. The minimum absolute atomic E-state index is 0.0626. The van der Waals surface area contributed by atoms with Crippen molar-refractivity contribution < 1.29 is 23.1 Å². The summed E-state index contributed by atoms with van der Waals surface area (Å²) in [7, 11) is -2.22. The zero-order chi connectivity index (χ0) is 25.6. The van der Waals surface area contributed by atoms with Crippen molar-refractivity contribution in [2.45, 2.75) is 50.7 Å². The summed E-state index contributed by atoms with van der Waals surface area (Å²) in [6.07, 6.45) is 2.64. The Balaban J connectivity index is 1.97. The van der Waals surface area contributed by atoms with E-state index in [4.69, 9.17) is 4.74 Å². The number of unbranched alkanes of at least 4 members (excludes halogenated alkanes) is 1. The largest absolute Gasteiger partial charge is 0.472 e. The van der Waals surface area contributed by atoms with Crippen molar-refractivity contribution in [3.8, 4) is 17.7 Å². The summed E-state index contributed by atoms with van der Waals surface area (Å²) in [5.41, 5.74) is 0.846. The van der Waals surface area contributed by atoms with Gasteiger partial charge in [-0.1, -0.05) is 43.9 Å². The third-order valence-corrected chi connectivity index (χ3v) is 7.85. The van der Waals surface area contributed by atoms with E-state index >= 15 is 0 Å². The van der Waals surface area contributed by atoms with Gasteiger partial charge in [-0.15, -0.1) is 0 Å². The molecule has 3 atom stereocenters. The number of pyridine rings is 1. The molecule has 1 aromatic heterocycles. The lowest BCUT2D eigenvalue weighted by atomic mass is 10.0. The van der Waals surface area contributed by atoms with Crippen LogP contribution >= 0.6 is 0 Å². The Morgan fingerprint density at radius 1 is 1.31 bits per heavy atom. The van der Waals surface area contributed by atoms with Gasteiger partial charge in [-0.2, -0.15) is 4.31 Å². The van der Waals surface area contributed by atoms with E-state index in [2.05, 4.69) is 16.8 Å². The van der Waals surface area contributed by atoms with Gasteiger partial charge >= 0.3 is 0 Å². The van der Waals surface area contributed by atoms with E-state index < -0.39 is 22.2 Å². The Bertz CT molecular complexity index is 1190. The summed E-state index contributed by atoms with van der Waals surface area (Å²) in [6.45, 7) is 5.85. The highest BCUT2D eigenvalue weighted by Gasteiger charge is 2.35. The summed E-state index contributed by atoms with van der Waals surface area (Å²) in [5, 5.41) is 9.79. The number of sulfonamides is 1. The minimum Gasteiger partial charge on any atom is -0.472 e. The molecule has 1 N–H and O–H groups in total. The summed E-state index contributed by atoms with van der Waals surface area (Å²) < 4.78 is 33.6. The van der Waals surface area contributed by atoms with Crippen molar-refractivity contribution in [1.29, 1.82) is 0 Å². The molecule has 0 spiro atoms. The van der Waals surface area contributed by atoms with Crippen LogP contribution < -0.4 is 4.74 Å². The normalized spacial score (nSPS) is 19.1. The van der Waals surface area contributed by atoms with E-state index in [0.717, 1.165) is 12.8 Å². The molecule has 1 aliphatic rings. The Hall–Kier alpha value is -2.93. The molecule has 1 aromatic carbocycles. The molecule has 35 heavy (non-hydrogen) atoms. The van der Waals surface area contributed by atoms with Gasteiger partial charge in [0, 0.05) is 37.7 Å². The third kappa shape index (κ3) is 6.20. The summed E-state index contributed by atoms with van der Waals surface area (Å²) in [5.74, 6) is 5.67. The molecule has 1 aliphatic heterocycles. The summed E-state index contributed by atoms with van der Waals surface area (Å²) in [4.78, 5) is 19.6. The molecule has 0 bridgehead atoms. The van der Waals surface area contributed by atoms with Gasteiger partial charge in [0.05, 0.1) is 24.1 Å². The lowest BCUT2D eigenvalue weighted by Crippen LogP contribution is -2.50. The smallest absolute Gasteiger partial charge is 0.259 e. The quantitative estimate of drug-likeness (QED) is 0.588. The van der Waals surface area contributed by atoms with Crippen LogP contribution in [0.5, 0.6) is 5.88 Å². The van der Waals surface area contributed by atoms with Gasteiger partial charge in [0.25, 0.3) is 5.91 Å². The van der Waals surface area contributed by atoms with Crippen molar-refractivity contribution >= 4 is 15.9 Å². The highest BCUT2D eigenvalue weighted by molar-refractivity contribution is 7.89. The lowest BCUT2D eigenvalue weighted by molar-refractivity contribution is 0.0373. The number of fused-ring (bicyclic) bond motifs is 1. The standard InChI is InChI=1S/C26H33N3O5S/c1-5-6-8-11-21-14-23-25(27-15-21)34-24(19(2)16-29(26(23)31)20(3)18-30)17-28(4)35(32,33)22-12-9-7-10-13-22/h7,9-10,12-15,19-20,24,30H,5-6,16-18H2,1-4H3/t19-,20+,24+/m0/s1. The van der Waals surface area contributed by atoms with Crippen molar-refractivity contribution in [1.82, 2.24) is 14.2 Å². The molecular weight excluding hydrogens is 466 g/mol. The van der Waals surface area contributed by atoms with Crippen LogP contribution in [0.25, 0.3) is 0 Å². The number of carbonyl (C=O) groups is 1. The Kier molecular flexibility index (Phi) is 8.89. The topological polar surface area (TPSA) is 100 Å². The molecule has 0 unspecified atom stereocenters. The number of aromatic nitrogens is 1. The van der Waals surface area contributed by atoms with Crippen LogP contribution in [0.2, 0.25) is 0 Å².